The Balaban J connectivity index is 2.08. The lowest BCUT2D eigenvalue weighted by atomic mass is 10.1. The average Bonchev–Trinajstić information content (AvgIpc) is 2.95. The summed E-state index contributed by atoms with van der Waals surface area (Å²) in [6, 6.07) is 17.9. The molecule has 40 heavy (non-hydrogen) atoms. The van der Waals surface area contributed by atoms with Crippen molar-refractivity contribution in [2.24, 2.45) is 0 Å². The van der Waals surface area contributed by atoms with Crippen molar-refractivity contribution in [1.29, 1.82) is 0 Å². The van der Waals surface area contributed by atoms with Gasteiger partial charge in [0.1, 0.15) is 12.6 Å². The molecule has 3 aromatic rings. The predicted octanol–water partition coefficient (Wildman–Crippen LogP) is 4.07. The highest BCUT2D eigenvalue weighted by molar-refractivity contribution is 7.92. The second-order valence-electron chi connectivity index (χ2n) is 9.38. The number of rotatable bonds is 12. The van der Waals surface area contributed by atoms with Gasteiger partial charge in [0.15, 0.2) is 11.5 Å². The van der Waals surface area contributed by atoms with Gasteiger partial charge >= 0.3 is 0 Å². The molecule has 3 rings (SSSR count). The number of ether oxygens (including phenoxy) is 2. The number of amides is 2. The molecule has 0 fully saturated rings. The molecule has 9 nitrogen and oxygen atoms in total. The van der Waals surface area contributed by atoms with Gasteiger partial charge in [-0.05, 0) is 63.1 Å². The number of sulfonamides is 1. The number of aryl methyl sites for hydroxylation is 2. The summed E-state index contributed by atoms with van der Waals surface area (Å²) >= 11 is 0. The number of benzene rings is 3. The molecule has 0 heterocycles. The first-order chi connectivity index (χ1) is 19.0. The Morgan fingerprint density at radius 3 is 2.17 bits per heavy atom. The average molecular weight is 568 g/mol. The van der Waals surface area contributed by atoms with Crippen LogP contribution >= 0.6 is 0 Å². The highest BCUT2D eigenvalue weighted by Crippen LogP contribution is 2.32. The third kappa shape index (κ3) is 6.93. The molecular weight excluding hydrogens is 530 g/mol. The predicted molar refractivity (Wildman–Crippen MR) is 155 cm³/mol. The van der Waals surface area contributed by atoms with Crippen molar-refractivity contribution >= 4 is 27.5 Å². The van der Waals surface area contributed by atoms with Crippen molar-refractivity contribution in [3.63, 3.8) is 0 Å². The SMILES string of the molecule is CCNC(=O)C(C)N(Cc1ccccc1C)C(=O)CN(c1ccc(C)cc1)S(=O)(=O)c1ccc(OC)c(OC)c1. The molecule has 0 saturated heterocycles. The number of anilines is 1. The summed E-state index contributed by atoms with van der Waals surface area (Å²) in [5.41, 5.74) is 3.06. The minimum absolute atomic E-state index is 0.0687. The zero-order valence-electron chi connectivity index (χ0n) is 23.8. The molecule has 1 atom stereocenters. The lowest BCUT2D eigenvalue weighted by Gasteiger charge is -2.32. The monoisotopic (exact) mass is 567 g/mol. The number of nitrogens with one attached hydrogen (secondary N) is 1. The number of likely N-dealkylation sites (N-methyl/N-ethyl adjacent to an activating group) is 1. The van der Waals surface area contributed by atoms with Crippen LogP contribution in [0.1, 0.15) is 30.5 Å². The van der Waals surface area contributed by atoms with Crippen molar-refractivity contribution in [3.05, 3.63) is 83.4 Å². The summed E-state index contributed by atoms with van der Waals surface area (Å²) in [5.74, 6) is -0.231. The van der Waals surface area contributed by atoms with Gasteiger partial charge in [-0.15, -0.1) is 0 Å². The van der Waals surface area contributed by atoms with Crippen LogP contribution < -0.4 is 19.1 Å². The van der Waals surface area contributed by atoms with Crippen LogP contribution in [0.15, 0.2) is 71.6 Å². The third-order valence-electron chi connectivity index (χ3n) is 6.66. The lowest BCUT2D eigenvalue weighted by molar-refractivity contribution is -0.139. The molecule has 0 aliphatic heterocycles. The van der Waals surface area contributed by atoms with Crippen molar-refractivity contribution in [2.75, 3.05) is 31.6 Å². The van der Waals surface area contributed by atoms with E-state index in [4.69, 9.17) is 9.47 Å². The molecule has 214 valence electrons. The van der Waals surface area contributed by atoms with Crippen molar-refractivity contribution in [1.82, 2.24) is 10.2 Å². The zero-order valence-corrected chi connectivity index (χ0v) is 24.6. The summed E-state index contributed by atoms with van der Waals surface area (Å²) in [5, 5.41) is 2.76. The van der Waals surface area contributed by atoms with E-state index >= 15 is 0 Å². The maximum atomic E-state index is 14.0. The third-order valence-corrected chi connectivity index (χ3v) is 8.43. The van der Waals surface area contributed by atoms with Crippen LogP contribution in [-0.4, -0.2) is 58.5 Å². The quantitative estimate of drug-likeness (QED) is 0.354. The number of carbonyl (C=O) groups excluding carboxylic acids is 2. The van der Waals surface area contributed by atoms with E-state index in [1.54, 1.807) is 38.1 Å². The fourth-order valence-corrected chi connectivity index (χ4v) is 5.65. The highest BCUT2D eigenvalue weighted by Gasteiger charge is 2.33. The van der Waals surface area contributed by atoms with Crippen LogP contribution in [0.3, 0.4) is 0 Å². The molecule has 0 saturated carbocycles. The number of carbonyl (C=O) groups is 2. The number of hydrogen-bond donors (Lipinski definition) is 1. The van der Waals surface area contributed by atoms with Gasteiger partial charge < -0.3 is 19.7 Å². The first-order valence-corrected chi connectivity index (χ1v) is 14.4. The van der Waals surface area contributed by atoms with Crippen molar-refractivity contribution in [3.8, 4) is 11.5 Å². The van der Waals surface area contributed by atoms with Gasteiger partial charge in [-0.2, -0.15) is 0 Å². The normalized spacial score (nSPS) is 11.8. The van der Waals surface area contributed by atoms with Gasteiger partial charge in [0.25, 0.3) is 10.0 Å². The molecule has 1 unspecified atom stereocenters. The summed E-state index contributed by atoms with van der Waals surface area (Å²) in [6.07, 6.45) is 0. The lowest BCUT2D eigenvalue weighted by Crippen LogP contribution is -2.51. The highest BCUT2D eigenvalue weighted by atomic mass is 32.2. The van der Waals surface area contributed by atoms with Crippen LogP contribution in [0.2, 0.25) is 0 Å². The molecule has 0 aromatic heterocycles. The van der Waals surface area contributed by atoms with Crippen LogP contribution in [0.4, 0.5) is 5.69 Å². The van der Waals surface area contributed by atoms with E-state index in [0.29, 0.717) is 18.0 Å². The van der Waals surface area contributed by atoms with E-state index in [9.17, 15) is 18.0 Å². The minimum Gasteiger partial charge on any atom is -0.493 e. The van der Waals surface area contributed by atoms with E-state index in [1.807, 2.05) is 38.1 Å². The summed E-state index contributed by atoms with van der Waals surface area (Å²) in [7, 11) is -1.36. The van der Waals surface area contributed by atoms with Crippen molar-refractivity contribution < 1.29 is 27.5 Å². The standard InChI is InChI=1S/C30H37N3O6S/c1-7-31-30(35)23(4)32(19-24-11-9-8-10-22(24)3)29(34)20-33(25-14-12-21(2)13-15-25)40(36,37)26-16-17-27(38-5)28(18-26)39-6/h8-18,23H,7,19-20H2,1-6H3,(H,31,35). The minimum atomic E-state index is -4.24. The Bertz CT molecular complexity index is 1440. The van der Waals surface area contributed by atoms with Gasteiger partial charge in [-0.25, -0.2) is 8.42 Å². The second kappa shape index (κ2) is 13.3. The molecule has 0 radical (unpaired) electrons. The summed E-state index contributed by atoms with van der Waals surface area (Å²) in [4.78, 5) is 28.1. The van der Waals surface area contributed by atoms with Crippen LogP contribution in [0.25, 0.3) is 0 Å². The molecule has 10 heteroatoms. The fourth-order valence-electron chi connectivity index (χ4n) is 4.22. The van der Waals surface area contributed by atoms with Gasteiger partial charge in [0, 0.05) is 19.2 Å². The largest absolute Gasteiger partial charge is 0.493 e. The van der Waals surface area contributed by atoms with E-state index in [1.165, 1.54) is 37.3 Å². The van der Waals surface area contributed by atoms with Gasteiger partial charge in [-0.3, -0.25) is 13.9 Å². The smallest absolute Gasteiger partial charge is 0.264 e. The maximum Gasteiger partial charge on any atom is 0.264 e. The fraction of sp³-hybridized carbons (Fsp3) is 0.333. The van der Waals surface area contributed by atoms with Crippen LogP contribution in [-0.2, 0) is 26.2 Å². The molecule has 0 aliphatic carbocycles. The Hall–Kier alpha value is -4.05. The Morgan fingerprint density at radius 1 is 0.925 bits per heavy atom. The van der Waals surface area contributed by atoms with E-state index in [2.05, 4.69) is 5.32 Å². The molecule has 3 aromatic carbocycles. The van der Waals surface area contributed by atoms with E-state index < -0.39 is 28.5 Å². The molecule has 2 amide bonds. The number of methoxy groups -OCH3 is 2. The Kier molecular flexibility index (Phi) is 10.2. The van der Waals surface area contributed by atoms with Gasteiger partial charge in [-0.1, -0.05) is 42.0 Å². The number of nitrogens with zero attached hydrogens (tertiary/aromatic N) is 2. The van der Waals surface area contributed by atoms with Gasteiger partial charge in [0.2, 0.25) is 11.8 Å². The van der Waals surface area contributed by atoms with Crippen LogP contribution in [0.5, 0.6) is 11.5 Å². The van der Waals surface area contributed by atoms with Crippen LogP contribution in [0, 0.1) is 13.8 Å². The maximum absolute atomic E-state index is 14.0. The first kappa shape index (κ1) is 30.5. The van der Waals surface area contributed by atoms with Gasteiger partial charge in [0.05, 0.1) is 24.8 Å². The molecule has 0 spiro atoms. The summed E-state index contributed by atoms with van der Waals surface area (Å²) < 4.78 is 39.7. The molecule has 0 bridgehead atoms. The first-order valence-electron chi connectivity index (χ1n) is 13.0. The Morgan fingerprint density at radius 2 is 1.57 bits per heavy atom. The number of hydrogen-bond acceptors (Lipinski definition) is 6. The second-order valence-corrected chi connectivity index (χ2v) is 11.2. The zero-order chi connectivity index (χ0) is 29.4. The summed E-state index contributed by atoms with van der Waals surface area (Å²) in [6.45, 7) is 7.28. The topological polar surface area (TPSA) is 105 Å². The Labute approximate surface area is 236 Å². The molecular formula is C30H37N3O6S. The molecule has 0 aliphatic rings. The van der Waals surface area contributed by atoms with Crippen molar-refractivity contribution in [2.45, 2.75) is 45.2 Å². The van der Waals surface area contributed by atoms with E-state index in [-0.39, 0.29) is 23.1 Å². The van der Waals surface area contributed by atoms with E-state index in [0.717, 1.165) is 21.0 Å². The molecule has 1 N–H and O–H groups in total.